The first kappa shape index (κ1) is 15.8. The van der Waals surface area contributed by atoms with Crippen molar-refractivity contribution in [1.29, 1.82) is 0 Å². The molecule has 0 saturated carbocycles. The number of hydrogen-bond acceptors (Lipinski definition) is 2. The summed E-state index contributed by atoms with van der Waals surface area (Å²) in [7, 11) is 0. The molecule has 0 spiro atoms. The third kappa shape index (κ3) is 12.4. The first-order chi connectivity index (χ1) is 5.81. The summed E-state index contributed by atoms with van der Waals surface area (Å²) in [5.41, 5.74) is 0. The van der Waals surface area contributed by atoms with E-state index in [2.05, 4.69) is 6.92 Å². The Morgan fingerprint density at radius 1 is 1.08 bits per heavy atom. The summed E-state index contributed by atoms with van der Waals surface area (Å²) in [6, 6.07) is 0. The zero-order valence-electron chi connectivity index (χ0n) is 8.97. The molecule has 2 radical (unpaired) electrons. The van der Waals surface area contributed by atoms with Gasteiger partial charge in [-0.15, -0.1) is 0 Å². The van der Waals surface area contributed by atoms with Crippen molar-refractivity contribution in [2.24, 2.45) is 0 Å². The van der Waals surface area contributed by atoms with Gasteiger partial charge in [-0.3, -0.25) is 4.79 Å². The van der Waals surface area contributed by atoms with Crippen molar-refractivity contribution in [3.05, 3.63) is 0 Å². The SMILES string of the molecule is CCCCCCOC(=O)CCC.[PbH2]. The van der Waals surface area contributed by atoms with Gasteiger partial charge in [0.15, 0.2) is 0 Å². The second-order valence-corrected chi connectivity index (χ2v) is 3.03. The Kier molecular flexibility index (Phi) is 15.1. The van der Waals surface area contributed by atoms with Gasteiger partial charge in [-0.2, -0.15) is 0 Å². The average molecular weight is 381 g/mol. The summed E-state index contributed by atoms with van der Waals surface area (Å²) in [6.07, 6.45) is 6.11. The van der Waals surface area contributed by atoms with Crippen molar-refractivity contribution in [2.75, 3.05) is 6.61 Å². The first-order valence-electron chi connectivity index (χ1n) is 4.96. The molecule has 0 aromatic heterocycles. The summed E-state index contributed by atoms with van der Waals surface area (Å²) >= 11 is 0. The zero-order chi connectivity index (χ0) is 9.23. The maximum atomic E-state index is 10.9. The van der Waals surface area contributed by atoms with Crippen LogP contribution in [0.4, 0.5) is 0 Å². The van der Waals surface area contributed by atoms with Crippen LogP contribution in [-0.4, -0.2) is 39.9 Å². The van der Waals surface area contributed by atoms with Crippen LogP contribution in [0.3, 0.4) is 0 Å². The summed E-state index contributed by atoms with van der Waals surface area (Å²) in [4.78, 5) is 10.9. The van der Waals surface area contributed by atoms with Crippen molar-refractivity contribution < 1.29 is 9.53 Å². The molecule has 0 unspecified atom stereocenters. The predicted octanol–water partition coefficient (Wildman–Crippen LogP) is 1.99. The van der Waals surface area contributed by atoms with Gasteiger partial charge in [0, 0.05) is 6.42 Å². The minimum absolute atomic E-state index is 0. The molecule has 0 aromatic carbocycles. The molecule has 0 atom stereocenters. The second kappa shape index (κ2) is 12.4. The third-order valence-electron chi connectivity index (χ3n) is 1.72. The van der Waals surface area contributed by atoms with Gasteiger partial charge in [0.2, 0.25) is 0 Å². The Morgan fingerprint density at radius 3 is 2.31 bits per heavy atom. The summed E-state index contributed by atoms with van der Waals surface area (Å²) in [6.45, 7) is 4.76. The molecule has 3 heteroatoms. The number of ether oxygens (including phenoxy) is 1. The monoisotopic (exact) mass is 382 g/mol. The van der Waals surface area contributed by atoms with Gasteiger partial charge >= 0.3 is 33.3 Å². The number of hydrogen-bond donors (Lipinski definition) is 0. The fourth-order valence-corrected chi connectivity index (χ4v) is 0.991. The van der Waals surface area contributed by atoms with Crippen molar-refractivity contribution in [1.82, 2.24) is 0 Å². The number of carbonyl (C=O) groups excluding carboxylic acids is 1. The van der Waals surface area contributed by atoms with Gasteiger partial charge in [-0.1, -0.05) is 33.1 Å². The molecular weight excluding hydrogens is 359 g/mol. The standard InChI is InChI=1S/C10H20O2.Pb.2H/c1-3-5-6-7-9-12-10(11)8-4-2;;;/h3-9H2,1-2H3;;;. The van der Waals surface area contributed by atoms with Gasteiger partial charge in [-0.25, -0.2) is 0 Å². The van der Waals surface area contributed by atoms with Crippen LogP contribution >= 0.6 is 0 Å². The van der Waals surface area contributed by atoms with Crippen LogP contribution in [0.5, 0.6) is 0 Å². The van der Waals surface area contributed by atoms with Gasteiger partial charge in [0.05, 0.1) is 6.61 Å². The van der Waals surface area contributed by atoms with Crippen LogP contribution in [0.1, 0.15) is 52.4 Å². The van der Waals surface area contributed by atoms with E-state index in [4.69, 9.17) is 4.74 Å². The Bertz CT molecular complexity index is 115. The zero-order valence-corrected chi connectivity index (χ0v) is 14.5. The van der Waals surface area contributed by atoms with Gasteiger partial charge in [-0.05, 0) is 12.8 Å². The van der Waals surface area contributed by atoms with Crippen molar-refractivity contribution in [3.8, 4) is 0 Å². The number of esters is 1. The fraction of sp³-hybridized carbons (Fsp3) is 0.900. The topological polar surface area (TPSA) is 26.3 Å². The summed E-state index contributed by atoms with van der Waals surface area (Å²) in [5.74, 6) is -0.0472. The molecule has 2 nitrogen and oxygen atoms in total. The molecule has 0 bridgehead atoms. The molecule has 0 aliphatic rings. The Balaban J connectivity index is 0. The number of carbonyl (C=O) groups is 1. The van der Waals surface area contributed by atoms with Crippen LogP contribution in [0, 0.1) is 0 Å². The molecule has 0 heterocycles. The molecule has 0 aliphatic heterocycles. The van der Waals surface area contributed by atoms with Gasteiger partial charge < -0.3 is 4.74 Å². The summed E-state index contributed by atoms with van der Waals surface area (Å²) in [5, 5.41) is 0. The van der Waals surface area contributed by atoms with Gasteiger partial charge in [0.25, 0.3) is 0 Å². The maximum absolute atomic E-state index is 10.9. The molecule has 0 aliphatic carbocycles. The molecule has 78 valence electrons. The van der Waals surface area contributed by atoms with Crippen LogP contribution in [0.2, 0.25) is 0 Å². The van der Waals surface area contributed by atoms with E-state index in [1.54, 1.807) is 0 Å². The van der Waals surface area contributed by atoms with E-state index in [1.807, 2.05) is 6.92 Å². The predicted molar refractivity (Wildman–Crippen MR) is 58.6 cm³/mol. The van der Waals surface area contributed by atoms with Gasteiger partial charge in [0.1, 0.15) is 0 Å². The molecular formula is C10H22O2Pb. The average Bonchev–Trinajstić information content (AvgIpc) is 2.05. The second-order valence-electron chi connectivity index (χ2n) is 3.03. The van der Waals surface area contributed by atoms with Crippen LogP contribution < -0.4 is 0 Å². The molecule has 0 N–H and O–H groups in total. The van der Waals surface area contributed by atoms with E-state index in [-0.39, 0.29) is 33.3 Å². The number of rotatable bonds is 7. The van der Waals surface area contributed by atoms with E-state index in [1.165, 1.54) is 19.3 Å². The fourth-order valence-electron chi connectivity index (χ4n) is 0.991. The van der Waals surface area contributed by atoms with Crippen molar-refractivity contribution >= 4 is 33.3 Å². The Morgan fingerprint density at radius 2 is 1.77 bits per heavy atom. The van der Waals surface area contributed by atoms with Crippen LogP contribution in [-0.2, 0) is 9.53 Å². The van der Waals surface area contributed by atoms with Crippen LogP contribution in [0.25, 0.3) is 0 Å². The normalized spacial score (nSPS) is 9.08. The van der Waals surface area contributed by atoms with Crippen molar-refractivity contribution in [2.45, 2.75) is 52.4 Å². The molecule has 13 heavy (non-hydrogen) atoms. The van der Waals surface area contributed by atoms with E-state index >= 15 is 0 Å². The van der Waals surface area contributed by atoms with E-state index in [9.17, 15) is 4.79 Å². The van der Waals surface area contributed by atoms with Crippen LogP contribution in [0.15, 0.2) is 0 Å². The molecule has 0 fully saturated rings. The Hall–Kier alpha value is 0.392. The molecule has 0 aromatic rings. The molecule has 0 saturated heterocycles. The van der Waals surface area contributed by atoms with E-state index in [0.29, 0.717) is 13.0 Å². The third-order valence-corrected chi connectivity index (χ3v) is 1.72. The molecule has 0 rings (SSSR count). The molecule has 0 amide bonds. The quantitative estimate of drug-likeness (QED) is 0.383. The first-order valence-corrected chi connectivity index (χ1v) is 4.96. The van der Waals surface area contributed by atoms with E-state index in [0.717, 1.165) is 12.8 Å². The number of unbranched alkanes of at least 4 members (excludes halogenated alkanes) is 3. The Labute approximate surface area is 102 Å². The minimum atomic E-state index is -0.0472. The van der Waals surface area contributed by atoms with Crippen molar-refractivity contribution in [3.63, 3.8) is 0 Å². The van der Waals surface area contributed by atoms with E-state index < -0.39 is 0 Å². The summed E-state index contributed by atoms with van der Waals surface area (Å²) < 4.78 is 4.99.